The SMILES string of the molecule is CN1C(=O)C(C2=C(/C=C/C3=[N+](CCCCS(=O)(=O)[O-])c4ccc5ccccc5c4C3(C)C)CC/C2=C\C=C2\N(CCCCS(=O)(=O)[O-])c3ccc4ccccc4c3C2(C)C)C(=O)N(C)C1=O.[K+]. The quantitative estimate of drug-likeness (QED) is 0.0553. The van der Waals surface area contributed by atoms with Crippen LogP contribution >= 0.6 is 0 Å². The summed E-state index contributed by atoms with van der Waals surface area (Å²) in [6, 6.07) is 23.8. The number of nitrogens with zero attached hydrogens (tertiary/aromatic N) is 4. The van der Waals surface area contributed by atoms with Gasteiger partial charge in [0.2, 0.25) is 17.5 Å². The number of carbonyl (C=O) groups is 3. The molecular weight excluding hydrogens is 916 g/mol. The Morgan fingerprint density at radius 2 is 1.25 bits per heavy atom. The van der Waals surface area contributed by atoms with Crippen LogP contribution in [0.15, 0.2) is 120 Å². The van der Waals surface area contributed by atoms with E-state index in [1.807, 2.05) is 48.6 Å². The number of barbiturate groups is 1. The summed E-state index contributed by atoms with van der Waals surface area (Å²) in [6.07, 6.45) is 10.3. The smallest absolute Gasteiger partial charge is 0.748 e. The second kappa shape index (κ2) is 19.4. The third-order valence-corrected chi connectivity index (χ3v) is 15.4. The first-order valence-corrected chi connectivity index (χ1v) is 25.5. The van der Waals surface area contributed by atoms with E-state index >= 15 is 0 Å². The van der Waals surface area contributed by atoms with E-state index in [4.69, 9.17) is 0 Å². The van der Waals surface area contributed by atoms with Gasteiger partial charge in [0.1, 0.15) is 12.5 Å². The van der Waals surface area contributed by atoms with E-state index in [2.05, 4.69) is 85.7 Å². The third kappa shape index (κ3) is 9.75. The molecule has 8 rings (SSSR count). The monoisotopic (exact) mass is 970 g/mol. The zero-order valence-electron chi connectivity index (χ0n) is 39.2. The summed E-state index contributed by atoms with van der Waals surface area (Å²) in [7, 11) is -6.01. The van der Waals surface area contributed by atoms with Gasteiger partial charge in [0.05, 0.1) is 25.7 Å². The van der Waals surface area contributed by atoms with Crippen LogP contribution in [-0.4, -0.2) is 103 Å². The minimum absolute atomic E-state index is 0. The summed E-state index contributed by atoms with van der Waals surface area (Å²) in [5.74, 6) is -3.45. The van der Waals surface area contributed by atoms with E-state index in [9.17, 15) is 40.3 Å². The van der Waals surface area contributed by atoms with Crippen molar-refractivity contribution in [2.24, 2.45) is 5.92 Å². The molecule has 0 N–H and O–H groups in total. The van der Waals surface area contributed by atoms with Crippen LogP contribution in [0.1, 0.15) is 77.3 Å². The zero-order valence-corrected chi connectivity index (χ0v) is 43.9. The number of benzene rings is 4. The fourth-order valence-electron chi connectivity index (χ4n) is 10.6. The van der Waals surface area contributed by atoms with Gasteiger partial charge in [-0.25, -0.2) is 21.6 Å². The van der Waals surface area contributed by atoms with Crippen LogP contribution in [0.3, 0.4) is 0 Å². The van der Waals surface area contributed by atoms with Gasteiger partial charge < -0.3 is 14.0 Å². The van der Waals surface area contributed by atoms with Crippen molar-refractivity contribution in [2.45, 2.75) is 77.0 Å². The number of anilines is 1. The number of imide groups is 2. The van der Waals surface area contributed by atoms with Gasteiger partial charge in [-0.15, -0.1) is 0 Å². The summed E-state index contributed by atoms with van der Waals surface area (Å²) >= 11 is 0. The molecule has 1 saturated heterocycles. The number of fused-ring (bicyclic) bond motifs is 6. The molecule has 1 aliphatic carbocycles. The van der Waals surface area contributed by atoms with Crippen molar-refractivity contribution in [1.82, 2.24) is 9.80 Å². The molecular formula is C51H55KN4O9S2. The van der Waals surface area contributed by atoms with E-state index in [-0.39, 0.29) is 64.2 Å². The maximum atomic E-state index is 14.2. The number of urea groups is 1. The first-order chi connectivity index (χ1) is 31.1. The number of hydrogen-bond donors (Lipinski definition) is 0. The molecule has 0 radical (unpaired) electrons. The minimum Gasteiger partial charge on any atom is -0.748 e. The van der Waals surface area contributed by atoms with Gasteiger partial charge in [-0.2, -0.15) is 4.58 Å². The molecule has 3 aliphatic heterocycles. The second-order valence-corrected chi connectivity index (χ2v) is 21.8. The Kier molecular flexibility index (Phi) is 14.7. The molecule has 1 fully saturated rings. The molecule has 4 aromatic carbocycles. The zero-order chi connectivity index (χ0) is 47.5. The molecule has 0 aromatic heterocycles. The average molecular weight is 971 g/mol. The van der Waals surface area contributed by atoms with Gasteiger partial charge in [-0.1, -0.05) is 80.6 Å². The van der Waals surface area contributed by atoms with Crippen molar-refractivity contribution in [1.29, 1.82) is 0 Å². The summed E-state index contributed by atoms with van der Waals surface area (Å²) in [5.41, 5.74) is 6.98. The van der Waals surface area contributed by atoms with Crippen LogP contribution in [0.4, 0.5) is 16.2 Å². The predicted molar refractivity (Wildman–Crippen MR) is 255 cm³/mol. The Bertz CT molecular complexity index is 3090. The summed E-state index contributed by atoms with van der Waals surface area (Å²) in [4.78, 5) is 45.6. The van der Waals surface area contributed by atoms with Crippen molar-refractivity contribution < 1.29 is 96.3 Å². The predicted octanol–water partition coefficient (Wildman–Crippen LogP) is 4.95. The van der Waals surface area contributed by atoms with Crippen LogP contribution in [0.25, 0.3) is 21.5 Å². The number of amides is 4. The van der Waals surface area contributed by atoms with Crippen LogP contribution in [0, 0.1) is 5.92 Å². The normalized spacial score (nSPS) is 19.9. The van der Waals surface area contributed by atoms with Gasteiger partial charge in [-0.05, 0) is 108 Å². The topological polar surface area (TPSA) is 178 Å². The number of hydrogen-bond acceptors (Lipinski definition) is 10. The largest absolute Gasteiger partial charge is 1.00 e. The number of unbranched alkanes of at least 4 members (excludes halogenated alkanes) is 2. The Morgan fingerprint density at radius 1 is 0.687 bits per heavy atom. The van der Waals surface area contributed by atoms with Crippen molar-refractivity contribution in [3.63, 3.8) is 0 Å². The number of carbonyl (C=O) groups excluding carboxylic acids is 3. The Hall–Kier alpha value is -4.10. The third-order valence-electron chi connectivity index (χ3n) is 13.8. The van der Waals surface area contributed by atoms with Crippen LogP contribution in [0.2, 0.25) is 0 Å². The van der Waals surface area contributed by atoms with Crippen molar-refractivity contribution in [3.05, 3.63) is 131 Å². The fraction of sp³-hybridized carbons (Fsp3) is 0.373. The Morgan fingerprint density at radius 3 is 1.87 bits per heavy atom. The van der Waals surface area contributed by atoms with E-state index < -0.39 is 66.3 Å². The Labute approximate surface area is 435 Å². The van der Waals surface area contributed by atoms with E-state index in [0.29, 0.717) is 44.3 Å². The molecule has 4 aliphatic rings. The van der Waals surface area contributed by atoms with Crippen molar-refractivity contribution in [3.8, 4) is 0 Å². The maximum absolute atomic E-state index is 14.2. The average Bonchev–Trinajstić information content (AvgIpc) is 3.83. The van der Waals surface area contributed by atoms with Gasteiger partial charge in [0.15, 0.2) is 5.71 Å². The molecule has 67 heavy (non-hydrogen) atoms. The molecule has 0 saturated carbocycles. The van der Waals surface area contributed by atoms with Gasteiger partial charge in [-0.3, -0.25) is 19.4 Å². The second-order valence-electron chi connectivity index (χ2n) is 18.8. The molecule has 0 atom stereocenters. The molecule has 0 bridgehead atoms. The molecule has 0 unspecified atom stereocenters. The molecule has 0 spiro atoms. The van der Waals surface area contributed by atoms with E-state index in [1.165, 1.54) is 14.1 Å². The molecule has 346 valence electrons. The van der Waals surface area contributed by atoms with Crippen LogP contribution < -0.4 is 56.3 Å². The Balaban J connectivity index is 0.00000666. The first-order valence-electron chi connectivity index (χ1n) is 22.4. The fourth-order valence-corrected chi connectivity index (χ4v) is 11.7. The van der Waals surface area contributed by atoms with Crippen molar-refractivity contribution in [2.75, 3.05) is 43.6 Å². The molecule has 3 heterocycles. The summed E-state index contributed by atoms with van der Waals surface area (Å²) in [6.45, 7) is 9.45. The van der Waals surface area contributed by atoms with Crippen LogP contribution in [0.5, 0.6) is 0 Å². The molecule has 4 aromatic rings. The molecule has 16 heteroatoms. The van der Waals surface area contributed by atoms with Gasteiger partial charge in [0, 0.05) is 73.1 Å². The van der Waals surface area contributed by atoms with Gasteiger partial charge in [0.25, 0.3) is 0 Å². The molecule has 13 nitrogen and oxygen atoms in total. The standard InChI is InChI=1S/C51H56N4O9S2.K/c1-50(2)41(54(29-11-13-31-65(59,60)61)39-25-21-33-15-7-9-17-37(33)45(39)50)27-23-35-19-20-36(43(35)44-47(56)52(5)49(58)53(6)48(44)57)24-28-42-51(3,4)46-38-18-10-8-16-34(38)22-26-40(46)55(42)30-12-14-32-66(62,63)64;/h7-10,15-18,21-28,44H,11-14,19-20,29-32H2,1-6H3,(H-,59,60,61,62,63,64);/q;+1/p-1. The molecule has 4 amide bonds. The first kappa shape index (κ1) is 50.8. The van der Waals surface area contributed by atoms with Crippen LogP contribution in [-0.2, 0) is 40.7 Å². The number of rotatable bonds is 14. The van der Waals surface area contributed by atoms with Crippen molar-refractivity contribution >= 4 is 76.7 Å². The summed E-state index contributed by atoms with van der Waals surface area (Å²) in [5, 5.41) is 4.31. The van der Waals surface area contributed by atoms with Gasteiger partial charge >= 0.3 is 57.4 Å². The van der Waals surface area contributed by atoms with E-state index in [0.717, 1.165) is 76.4 Å². The minimum atomic E-state index is -4.38. The summed E-state index contributed by atoms with van der Waals surface area (Å²) < 4.78 is 71.4. The maximum Gasteiger partial charge on any atom is 1.00 e. The number of allylic oxidation sites excluding steroid dienone is 7. The van der Waals surface area contributed by atoms with E-state index in [1.54, 1.807) is 0 Å².